The topological polar surface area (TPSA) is 30.7 Å². The molecule has 0 saturated heterocycles. The molecule has 2 heterocycles. The molecule has 1 unspecified atom stereocenters. The van der Waals surface area contributed by atoms with Crippen molar-refractivity contribution in [3.8, 4) is 39.6 Å². The van der Waals surface area contributed by atoms with Gasteiger partial charge in [0.2, 0.25) is 0 Å². The number of fused-ring (bicyclic) bond motifs is 5. The van der Waals surface area contributed by atoms with Crippen LogP contribution in [0.15, 0.2) is 145 Å². The third kappa shape index (κ3) is 4.41. The van der Waals surface area contributed by atoms with E-state index in [1.165, 1.54) is 44.1 Å². The van der Waals surface area contributed by atoms with Crippen LogP contribution in [0.3, 0.4) is 0 Å². The predicted molar refractivity (Wildman–Crippen MR) is 196 cm³/mol. The van der Waals surface area contributed by atoms with Gasteiger partial charge in [0, 0.05) is 38.6 Å². The molecule has 0 amide bonds. The molecule has 3 heteroatoms. The molecule has 2 aliphatic carbocycles. The monoisotopic (exact) mass is 605 g/mol. The first-order chi connectivity index (χ1) is 23.0. The van der Waals surface area contributed by atoms with Crippen molar-refractivity contribution in [1.82, 2.24) is 14.5 Å². The molecule has 1 atom stereocenters. The van der Waals surface area contributed by atoms with Gasteiger partial charge in [0.25, 0.3) is 0 Å². The maximum Gasteiger partial charge on any atom is 0.160 e. The van der Waals surface area contributed by atoms with Crippen molar-refractivity contribution in [3.63, 3.8) is 0 Å². The van der Waals surface area contributed by atoms with E-state index >= 15 is 0 Å². The van der Waals surface area contributed by atoms with Crippen LogP contribution in [0, 0.1) is 5.92 Å². The lowest BCUT2D eigenvalue weighted by atomic mass is 9.79. The lowest BCUT2D eigenvalue weighted by Crippen LogP contribution is -2.17. The Morgan fingerprint density at radius 1 is 0.638 bits per heavy atom. The van der Waals surface area contributed by atoms with Crippen LogP contribution in [0.1, 0.15) is 38.3 Å². The number of allylic oxidation sites excluding steroid dienone is 4. The minimum atomic E-state index is -0.00487. The van der Waals surface area contributed by atoms with E-state index in [4.69, 9.17) is 9.97 Å². The number of benzene rings is 5. The molecule has 0 aliphatic heterocycles. The standard InChI is InChI=1S/C44H35N3/c1-28-18-23-37-34(24-28)35-26-42-36(25-38(35)44(37,2)3)33-16-10-11-17-41(33)47(42)32-21-19-30(20-22-32)40-27-39(29-12-6-4-7-13-29)45-43(46-40)31-14-8-5-9-15-31/h4-23,25-28H,24H2,1-3H3. The molecule has 0 N–H and O–H groups in total. The van der Waals surface area contributed by atoms with Crippen LogP contribution in [0.2, 0.25) is 0 Å². The van der Waals surface area contributed by atoms with Gasteiger partial charge in [0.15, 0.2) is 5.82 Å². The fourth-order valence-corrected chi connectivity index (χ4v) is 7.76. The third-order valence-electron chi connectivity index (χ3n) is 10.2. The maximum atomic E-state index is 5.06. The van der Waals surface area contributed by atoms with Crippen LogP contribution in [-0.4, -0.2) is 14.5 Å². The summed E-state index contributed by atoms with van der Waals surface area (Å²) >= 11 is 0. The van der Waals surface area contributed by atoms with Crippen molar-refractivity contribution in [3.05, 3.63) is 156 Å². The Labute approximate surface area is 275 Å². The first kappa shape index (κ1) is 27.7. The van der Waals surface area contributed by atoms with Crippen molar-refractivity contribution in [1.29, 1.82) is 0 Å². The molecule has 0 saturated carbocycles. The van der Waals surface area contributed by atoms with E-state index < -0.39 is 0 Å². The van der Waals surface area contributed by atoms with Gasteiger partial charge in [-0.25, -0.2) is 9.97 Å². The summed E-state index contributed by atoms with van der Waals surface area (Å²) in [6.07, 6.45) is 5.86. The molecule has 7 aromatic rings. The summed E-state index contributed by atoms with van der Waals surface area (Å²) in [4.78, 5) is 10.0. The fraction of sp³-hybridized carbons (Fsp3) is 0.136. The fourth-order valence-electron chi connectivity index (χ4n) is 7.76. The van der Waals surface area contributed by atoms with Gasteiger partial charge >= 0.3 is 0 Å². The van der Waals surface area contributed by atoms with Crippen LogP contribution in [-0.2, 0) is 5.41 Å². The van der Waals surface area contributed by atoms with Crippen LogP contribution in [0.4, 0.5) is 0 Å². The summed E-state index contributed by atoms with van der Waals surface area (Å²) in [6.45, 7) is 7.10. The molecule has 2 aromatic heterocycles. The molecule has 0 spiro atoms. The van der Waals surface area contributed by atoms with Crippen molar-refractivity contribution >= 4 is 27.4 Å². The van der Waals surface area contributed by atoms with Crippen molar-refractivity contribution in [2.45, 2.75) is 32.6 Å². The van der Waals surface area contributed by atoms with Crippen LogP contribution in [0.25, 0.3) is 67.0 Å². The molecule has 3 nitrogen and oxygen atoms in total. The molecular weight excluding hydrogens is 571 g/mol. The first-order valence-electron chi connectivity index (χ1n) is 16.6. The average molecular weight is 606 g/mol. The molecule has 47 heavy (non-hydrogen) atoms. The first-order valence-corrected chi connectivity index (χ1v) is 16.6. The second-order valence-corrected chi connectivity index (χ2v) is 13.6. The molecule has 9 rings (SSSR count). The van der Waals surface area contributed by atoms with E-state index in [1.807, 2.05) is 24.3 Å². The lowest BCUT2D eigenvalue weighted by Gasteiger charge is -2.25. The van der Waals surface area contributed by atoms with Gasteiger partial charge in [-0.15, -0.1) is 0 Å². The molecule has 2 aliphatic rings. The van der Waals surface area contributed by atoms with Crippen LogP contribution in [0.5, 0.6) is 0 Å². The summed E-state index contributed by atoms with van der Waals surface area (Å²) in [5, 5.41) is 2.60. The third-order valence-corrected chi connectivity index (χ3v) is 10.2. The number of rotatable bonds is 4. The molecular formula is C44H35N3. The number of hydrogen-bond acceptors (Lipinski definition) is 2. The molecule has 0 radical (unpaired) electrons. The van der Waals surface area contributed by atoms with Gasteiger partial charge in [-0.2, -0.15) is 0 Å². The van der Waals surface area contributed by atoms with Crippen molar-refractivity contribution in [2.75, 3.05) is 0 Å². The highest BCUT2D eigenvalue weighted by Gasteiger charge is 2.38. The number of para-hydroxylation sites is 1. The zero-order valence-corrected chi connectivity index (χ0v) is 26.9. The SMILES string of the molecule is CC1C=CC2=C(C1)c1cc3c(cc1C2(C)C)c1ccccc1n3-c1ccc(-c2cc(-c3ccccc3)nc(-c3ccccc3)n2)cc1. The number of hydrogen-bond donors (Lipinski definition) is 0. The summed E-state index contributed by atoms with van der Waals surface area (Å²) < 4.78 is 2.44. The zero-order valence-electron chi connectivity index (χ0n) is 26.9. The molecule has 226 valence electrons. The van der Waals surface area contributed by atoms with E-state index in [1.54, 1.807) is 0 Å². The quantitative estimate of drug-likeness (QED) is 0.200. The summed E-state index contributed by atoms with van der Waals surface area (Å²) in [5.41, 5.74) is 14.4. The van der Waals surface area contributed by atoms with Gasteiger partial charge in [-0.1, -0.05) is 124 Å². The second kappa shape index (κ2) is 10.5. The zero-order chi connectivity index (χ0) is 31.7. The highest BCUT2D eigenvalue weighted by molar-refractivity contribution is 6.11. The van der Waals surface area contributed by atoms with Crippen molar-refractivity contribution < 1.29 is 0 Å². The molecule has 0 fully saturated rings. The van der Waals surface area contributed by atoms with Crippen molar-refractivity contribution in [2.24, 2.45) is 5.92 Å². The van der Waals surface area contributed by atoms with Gasteiger partial charge < -0.3 is 4.57 Å². The Morgan fingerprint density at radius 3 is 2.00 bits per heavy atom. The highest BCUT2D eigenvalue weighted by Crippen LogP contribution is 2.52. The number of nitrogens with zero attached hydrogens (tertiary/aromatic N) is 3. The Balaban J connectivity index is 1.20. The molecule has 0 bridgehead atoms. The Bertz CT molecular complexity index is 2330. The Hall–Kier alpha value is -5.54. The highest BCUT2D eigenvalue weighted by atomic mass is 15.0. The minimum Gasteiger partial charge on any atom is -0.309 e. The van der Waals surface area contributed by atoms with Gasteiger partial charge in [0.05, 0.1) is 22.4 Å². The van der Waals surface area contributed by atoms with Gasteiger partial charge in [-0.05, 0) is 71.0 Å². The normalized spacial score (nSPS) is 16.5. The lowest BCUT2D eigenvalue weighted by molar-refractivity contribution is 0.644. The maximum absolute atomic E-state index is 5.06. The summed E-state index contributed by atoms with van der Waals surface area (Å²) in [6, 6.07) is 45.3. The van der Waals surface area contributed by atoms with E-state index in [0.717, 1.165) is 46.0 Å². The van der Waals surface area contributed by atoms with E-state index in [2.05, 4.69) is 141 Å². The average Bonchev–Trinajstić information content (AvgIpc) is 3.55. The number of aromatic nitrogens is 3. The largest absolute Gasteiger partial charge is 0.309 e. The van der Waals surface area contributed by atoms with Gasteiger partial charge in [0.1, 0.15) is 0 Å². The summed E-state index contributed by atoms with van der Waals surface area (Å²) in [7, 11) is 0. The summed E-state index contributed by atoms with van der Waals surface area (Å²) in [5.74, 6) is 1.28. The smallest absolute Gasteiger partial charge is 0.160 e. The Morgan fingerprint density at radius 2 is 1.28 bits per heavy atom. The second-order valence-electron chi connectivity index (χ2n) is 13.6. The van der Waals surface area contributed by atoms with E-state index in [0.29, 0.717) is 5.92 Å². The minimum absolute atomic E-state index is 0.00487. The molecule has 5 aromatic carbocycles. The van der Waals surface area contributed by atoms with Gasteiger partial charge in [-0.3, -0.25) is 0 Å². The predicted octanol–water partition coefficient (Wildman–Crippen LogP) is 11.2. The van der Waals surface area contributed by atoms with E-state index in [-0.39, 0.29) is 5.41 Å². The van der Waals surface area contributed by atoms with Crippen LogP contribution >= 0.6 is 0 Å². The van der Waals surface area contributed by atoms with E-state index in [9.17, 15) is 0 Å². The van der Waals surface area contributed by atoms with Crippen LogP contribution < -0.4 is 0 Å². The Kier molecular flexibility index (Phi) is 6.20.